The molecule has 0 spiro atoms. The summed E-state index contributed by atoms with van der Waals surface area (Å²) >= 11 is 0. The van der Waals surface area contributed by atoms with Gasteiger partial charge < -0.3 is 10.4 Å². The van der Waals surface area contributed by atoms with E-state index in [2.05, 4.69) is 33.0 Å². The number of rotatable bonds is 3. The molecular formula is C18H33NO. The van der Waals surface area contributed by atoms with Crippen molar-refractivity contribution in [2.75, 3.05) is 6.54 Å². The van der Waals surface area contributed by atoms with Crippen LogP contribution in [0.1, 0.15) is 72.6 Å². The zero-order valence-corrected chi connectivity index (χ0v) is 13.8. The summed E-state index contributed by atoms with van der Waals surface area (Å²) in [4.78, 5) is 0. The molecule has 0 aromatic rings. The third-order valence-electron chi connectivity index (χ3n) is 7.54. The van der Waals surface area contributed by atoms with Crippen molar-refractivity contribution in [2.24, 2.45) is 22.7 Å². The van der Waals surface area contributed by atoms with E-state index in [4.69, 9.17) is 0 Å². The van der Waals surface area contributed by atoms with Gasteiger partial charge in [0.25, 0.3) is 0 Å². The molecule has 0 amide bonds. The van der Waals surface area contributed by atoms with Gasteiger partial charge in [-0.15, -0.1) is 0 Å². The van der Waals surface area contributed by atoms with Crippen molar-refractivity contribution in [1.82, 2.24) is 5.32 Å². The zero-order valence-electron chi connectivity index (χ0n) is 13.8. The maximum absolute atomic E-state index is 10.8. The van der Waals surface area contributed by atoms with Crippen LogP contribution in [0.25, 0.3) is 0 Å². The lowest BCUT2D eigenvalue weighted by Gasteiger charge is -2.42. The van der Waals surface area contributed by atoms with Gasteiger partial charge in [-0.3, -0.25) is 0 Å². The van der Waals surface area contributed by atoms with E-state index < -0.39 is 5.60 Å². The van der Waals surface area contributed by atoms with Gasteiger partial charge in [0.05, 0.1) is 5.60 Å². The smallest absolute Gasteiger partial charge is 0.0774 e. The molecule has 2 bridgehead atoms. The van der Waals surface area contributed by atoms with Crippen LogP contribution in [0.2, 0.25) is 0 Å². The molecule has 2 nitrogen and oxygen atoms in total. The molecule has 2 heteroatoms. The average molecular weight is 279 g/mol. The van der Waals surface area contributed by atoms with Gasteiger partial charge in [-0.1, -0.05) is 40.5 Å². The minimum Gasteiger partial charge on any atom is -0.389 e. The first-order chi connectivity index (χ1) is 9.27. The van der Waals surface area contributed by atoms with E-state index in [1.807, 2.05) is 0 Å². The summed E-state index contributed by atoms with van der Waals surface area (Å²) in [6.07, 6.45) is 8.53. The normalized spacial score (nSPS) is 50.5. The largest absolute Gasteiger partial charge is 0.389 e. The predicted octanol–water partition coefficient (Wildman–Crippen LogP) is 3.73. The van der Waals surface area contributed by atoms with Gasteiger partial charge in [-0.05, 0) is 54.8 Å². The molecular weight excluding hydrogens is 246 g/mol. The van der Waals surface area contributed by atoms with E-state index in [-0.39, 0.29) is 0 Å². The Kier molecular flexibility index (Phi) is 3.49. The summed E-state index contributed by atoms with van der Waals surface area (Å²) in [7, 11) is 0. The van der Waals surface area contributed by atoms with Crippen molar-refractivity contribution >= 4 is 0 Å². The quantitative estimate of drug-likeness (QED) is 0.825. The molecule has 0 aromatic heterocycles. The van der Waals surface area contributed by atoms with Crippen LogP contribution < -0.4 is 5.32 Å². The Hall–Kier alpha value is -0.0800. The Morgan fingerprint density at radius 2 is 1.90 bits per heavy atom. The molecule has 116 valence electrons. The van der Waals surface area contributed by atoms with Gasteiger partial charge >= 0.3 is 0 Å². The second-order valence-corrected chi connectivity index (χ2v) is 8.97. The highest BCUT2D eigenvalue weighted by Gasteiger charge is 2.61. The van der Waals surface area contributed by atoms with E-state index in [1.165, 1.54) is 32.1 Å². The van der Waals surface area contributed by atoms with Crippen LogP contribution in [0.3, 0.4) is 0 Å². The third kappa shape index (κ3) is 2.14. The van der Waals surface area contributed by atoms with E-state index in [9.17, 15) is 5.11 Å². The first-order valence-corrected chi connectivity index (χ1v) is 8.73. The SMILES string of the molecule is CC1CCCC(O)(CNC2CC3CCC2(C)C3(C)C)C1. The van der Waals surface area contributed by atoms with Crippen LogP contribution in [-0.4, -0.2) is 23.3 Å². The fourth-order valence-corrected chi connectivity index (χ4v) is 5.62. The molecule has 0 aromatic carbocycles. The third-order valence-corrected chi connectivity index (χ3v) is 7.54. The van der Waals surface area contributed by atoms with Crippen molar-refractivity contribution in [3.8, 4) is 0 Å². The maximum atomic E-state index is 10.8. The summed E-state index contributed by atoms with van der Waals surface area (Å²) in [5.41, 5.74) is 0.446. The standard InChI is InChI=1S/C18H33NO/c1-13-6-5-8-18(20,11-13)12-19-15-10-14-7-9-17(15,4)16(14,2)3/h13-15,19-20H,5-12H2,1-4H3. The fraction of sp³-hybridized carbons (Fsp3) is 1.00. The molecule has 20 heavy (non-hydrogen) atoms. The molecule has 2 N–H and O–H groups in total. The predicted molar refractivity (Wildman–Crippen MR) is 83.6 cm³/mol. The van der Waals surface area contributed by atoms with E-state index in [0.29, 0.717) is 22.8 Å². The molecule has 3 fully saturated rings. The fourth-order valence-electron chi connectivity index (χ4n) is 5.62. The maximum Gasteiger partial charge on any atom is 0.0774 e. The van der Waals surface area contributed by atoms with Crippen LogP contribution >= 0.6 is 0 Å². The van der Waals surface area contributed by atoms with Crippen LogP contribution in [0.4, 0.5) is 0 Å². The first kappa shape index (κ1) is 14.8. The number of nitrogens with one attached hydrogen (secondary N) is 1. The van der Waals surface area contributed by atoms with Gasteiger partial charge in [0.15, 0.2) is 0 Å². The molecule has 3 saturated carbocycles. The van der Waals surface area contributed by atoms with Gasteiger partial charge in [0.1, 0.15) is 0 Å². The van der Waals surface area contributed by atoms with Crippen LogP contribution in [0.15, 0.2) is 0 Å². The van der Waals surface area contributed by atoms with Crippen molar-refractivity contribution in [3.63, 3.8) is 0 Å². The Morgan fingerprint density at radius 3 is 2.45 bits per heavy atom. The zero-order chi connectivity index (χ0) is 14.6. The Morgan fingerprint density at radius 1 is 1.15 bits per heavy atom. The topological polar surface area (TPSA) is 32.3 Å². The number of aliphatic hydroxyl groups is 1. The lowest BCUT2D eigenvalue weighted by molar-refractivity contribution is -0.0187. The van der Waals surface area contributed by atoms with Crippen molar-refractivity contribution in [2.45, 2.75) is 84.3 Å². The molecule has 3 aliphatic rings. The number of hydrogen-bond acceptors (Lipinski definition) is 2. The molecule has 3 aliphatic carbocycles. The number of hydrogen-bond donors (Lipinski definition) is 2. The molecule has 0 saturated heterocycles. The summed E-state index contributed by atoms with van der Waals surface area (Å²) in [5.74, 6) is 1.56. The average Bonchev–Trinajstić information content (AvgIpc) is 2.68. The summed E-state index contributed by atoms with van der Waals surface area (Å²) in [5, 5.41) is 14.6. The molecule has 0 heterocycles. The minimum absolute atomic E-state index is 0.425. The highest BCUT2D eigenvalue weighted by Crippen LogP contribution is 2.65. The monoisotopic (exact) mass is 279 g/mol. The first-order valence-electron chi connectivity index (χ1n) is 8.73. The molecule has 0 aliphatic heterocycles. The summed E-state index contributed by atoms with van der Waals surface area (Å²) in [6, 6.07) is 0.609. The number of fused-ring (bicyclic) bond motifs is 2. The highest BCUT2D eigenvalue weighted by molar-refractivity contribution is 5.13. The van der Waals surface area contributed by atoms with Crippen molar-refractivity contribution < 1.29 is 5.11 Å². The van der Waals surface area contributed by atoms with Gasteiger partial charge in [0.2, 0.25) is 0 Å². The highest BCUT2D eigenvalue weighted by atomic mass is 16.3. The lowest BCUT2D eigenvalue weighted by Crippen LogP contribution is -2.51. The van der Waals surface area contributed by atoms with Gasteiger partial charge in [0, 0.05) is 12.6 Å². The summed E-state index contributed by atoms with van der Waals surface area (Å²) < 4.78 is 0. The second-order valence-electron chi connectivity index (χ2n) is 8.97. The van der Waals surface area contributed by atoms with Crippen molar-refractivity contribution in [3.05, 3.63) is 0 Å². The van der Waals surface area contributed by atoms with Crippen LogP contribution in [0.5, 0.6) is 0 Å². The summed E-state index contributed by atoms with van der Waals surface area (Å²) in [6.45, 7) is 10.5. The Labute approximate surface area is 124 Å². The molecule has 3 rings (SSSR count). The van der Waals surface area contributed by atoms with E-state index in [1.54, 1.807) is 0 Å². The van der Waals surface area contributed by atoms with Crippen LogP contribution in [0, 0.1) is 22.7 Å². The molecule has 5 atom stereocenters. The lowest BCUT2D eigenvalue weighted by atomic mass is 9.69. The minimum atomic E-state index is -0.444. The van der Waals surface area contributed by atoms with E-state index in [0.717, 1.165) is 25.3 Å². The van der Waals surface area contributed by atoms with Crippen LogP contribution in [-0.2, 0) is 0 Å². The van der Waals surface area contributed by atoms with Gasteiger partial charge in [-0.25, -0.2) is 0 Å². The van der Waals surface area contributed by atoms with Gasteiger partial charge in [-0.2, -0.15) is 0 Å². The van der Waals surface area contributed by atoms with E-state index >= 15 is 0 Å². The van der Waals surface area contributed by atoms with Crippen molar-refractivity contribution in [1.29, 1.82) is 0 Å². The Balaban J connectivity index is 1.63. The molecule has 5 unspecified atom stereocenters. The molecule has 0 radical (unpaired) electrons. The Bertz CT molecular complexity index is 380. The second kappa shape index (κ2) is 4.71.